The van der Waals surface area contributed by atoms with Crippen molar-refractivity contribution < 1.29 is 21.6 Å². The van der Waals surface area contributed by atoms with Crippen LogP contribution in [0.2, 0.25) is 5.02 Å². The summed E-state index contributed by atoms with van der Waals surface area (Å²) in [5.41, 5.74) is -1.04. The van der Waals surface area contributed by atoms with Crippen LogP contribution < -0.4 is 4.72 Å². The molecule has 0 spiro atoms. The van der Waals surface area contributed by atoms with Gasteiger partial charge in [-0.15, -0.1) is 0 Å². The van der Waals surface area contributed by atoms with Gasteiger partial charge in [-0.05, 0) is 31.0 Å². The summed E-state index contributed by atoms with van der Waals surface area (Å²) in [4.78, 5) is -0.536. The van der Waals surface area contributed by atoms with Crippen molar-refractivity contribution in [3.8, 4) is 0 Å². The Morgan fingerprint density at radius 3 is 2.39 bits per heavy atom. The standard InChI is InChI=1S/C10H9ClF3NO2S/c11-8-4-1-6(10(12,13)14)5-9(8)18(16,17)15-7-2-3-7/h1,4-5,7,15H,2-3H2. The first-order chi connectivity index (χ1) is 8.20. The molecule has 0 atom stereocenters. The molecule has 1 aromatic carbocycles. The van der Waals surface area contributed by atoms with E-state index in [0.717, 1.165) is 12.1 Å². The Morgan fingerprint density at radius 1 is 1.28 bits per heavy atom. The second-order valence-corrected chi connectivity index (χ2v) is 6.13. The van der Waals surface area contributed by atoms with Crippen molar-refractivity contribution in [3.05, 3.63) is 28.8 Å². The third kappa shape index (κ3) is 2.96. The largest absolute Gasteiger partial charge is 0.416 e. The molecule has 0 radical (unpaired) electrons. The van der Waals surface area contributed by atoms with Crippen LogP contribution in [0.25, 0.3) is 0 Å². The van der Waals surface area contributed by atoms with E-state index in [4.69, 9.17) is 11.6 Å². The number of hydrogen-bond acceptors (Lipinski definition) is 2. The Hall–Kier alpha value is -0.790. The van der Waals surface area contributed by atoms with Crippen LogP contribution in [0.4, 0.5) is 13.2 Å². The first-order valence-electron chi connectivity index (χ1n) is 5.09. The maximum absolute atomic E-state index is 12.5. The Balaban J connectivity index is 2.42. The molecule has 1 saturated carbocycles. The van der Waals surface area contributed by atoms with Gasteiger partial charge in [0.25, 0.3) is 0 Å². The monoisotopic (exact) mass is 299 g/mol. The van der Waals surface area contributed by atoms with E-state index in [0.29, 0.717) is 18.9 Å². The van der Waals surface area contributed by atoms with Crippen molar-refractivity contribution in [2.75, 3.05) is 0 Å². The fraction of sp³-hybridized carbons (Fsp3) is 0.400. The van der Waals surface area contributed by atoms with Crippen molar-refractivity contribution >= 4 is 21.6 Å². The van der Waals surface area contributed by atoms with Gasteiger partial charge in [0.05, 0.1) is 10.6 Å². The van der Waals surface area contributed by atoms with Gasteiger partial charge in [-0.25, -0.2) is 13.1 Å². The van der Waals surface area contributed by atoms with E-state index in [1.807, 2.05) is 0 Å². The summed E-state index contributed by atoms with van der Waals surface area (Å²) in [5, 5.41) is -0.226. The molecule has 1 fully saturated rings. The molecule has 0 amide bonds. The summed E-state index contributed by atoms with van der Waals surface area (Å²) < 4.78 is 63.4. The molecule has 1 aromatic rings. The molecule has 0 saturated heterocycles. The van der Waals surface area contributed by atoms with Gasteiger partial charge < -0.3 is 0 Å². The number of benzene rings is 1. The lowest BCUT2D eigenvalue weighted by atomic mass is 10.2. The molecule has 8 heteroatoms. The molecular weight excluding hydrogens is 291 g/mol. The van der Waals surface area contributed by atoms with Crippen molar-refractivity contribution in [2.24, 2.45) is 0 Å². The highest BCUT2D eigenvalue weighted by Crippen LogP contribution is 2.34. The number of halogens is 4. The van der Waals surface area contributed by atoms with Crippen LogP contribution in [0.5, 0.6) is 0 Å². The topological polar surface area (TPSA) is 46.2 Å². The number of nitrogens with one attached hydrogen (secondary N) is 1. The average molecular weight is 300 g/mol. The lowest BCUT2D eigenvalue weighted by Crippen LogP contribution is -2.26. The normalized spacial score (nSPS) is 16.9. The fourth-order valence-corrected chi connectivity index (χ4v) is 3.20. The van der Waals surface area contributed by atoms with E-state index in [9.17, 15) is 21.6 Å². The van der Waals surface area contributed by atoms with Crippen molar-refractivity contribution in [2.45, 2.75) is 30.0 Å². The summed E-state index contributed by atoms with van der Waals surface area (Å²) >= 11 is 5.65. The Bertz CT molecular complexity index is 567. The van der Waals surface area contributed by atoms with E-state index < -0.39 is 26.7 Å². The Labute approximate surface area is 107 Å². The SMILES string of the molecule is O=S(=O)(NC1CC1)c1cc(C(F)(F)F)ccc1Cl. The molecule has 18 heavy (non-hydrogen) atoms. The smallest absolute Gasteiger partial charge is 0.208 e. The summed E-state index contributed by atoms with van der Waals surface area (Å²) in [6, 6.07) is 2.04. The number of sulfonamides is 1. The number of hydrogen-bond donors (Lipinski definition) is 1. The summed E-state index contributed by atoms with van der Waals surface area (Å²) in [7, 11) is -3.99. The van der Waals surface area contributed by atoms with Gasteiger partial charge in [0.15, 0.2) is 0 Å². The average Bonchev–Trinajstić information content (AvgIpc) is 2.99. The lowest BCUT2D eigenvalue weighted by molar-refractivity contribution is -0.137. The minimum Gasteiger partial charge on any atom is -0.208 e. The van der Waals surface area contributed by atoms with Crippen molar-refractivity contribution in [1.29, 1.82) is 0 Å². The molecule has 1 N–H and O–H groups in total. The zero-order valence-electron chi connectivity index (χ0n) is 8.96. The molecule has 0 unspecified atom stereocenters. The Kier molecular flexibility index (Phi) is 3.33. The number of alkyl halides is 3. The van der Waals surface area contributed by atoms with E-state index >= 15 is 0 Å². The predicted molar refractivity (Wildman–Crippen MR) is 59.8 cm³/mol. The van der Waals surface area contributed by atoms with E-state index in [-0.39, 0.29) is 11.1 Å². The van der Waals surface area contributed by atoms with Crippen molar-refractivity contribution in [3.63, 3.8) is 0 Å². The summed E-state index contributed by atoms with van der Waals surface area (Å²) in [6.45, 7) is 0. The zero-order chi connectivity index (χ0) is 13.6. The summed E-state index contributed by atoms with van der Waals surface area (Å²) in [6.07, 6.45) is -3.22. The van der Waals surface area contributed by atoms with Crippen molar-refractivity contribution in [1.82, 2.24) is 4.72 Å². The molecule has 1 aliphatic rings. The van der Waals surface area contributed by atoms with Crippen LogP contribution in [0.1, 0.15) is 18.4 Å². The van der Waals surface area contributed by atoms with Gasteiger partial charge in [0.1, 0.15) is 4.90 Å². The molecule has 0 bridgehead atoms. The van der Waals surface area contributed by atoms with Crippen LogP contribution in [0.15, 0.2) is 23.1 Å². The quantitative estimate of drug-likeness (QED) is 0.933. The maximum atomic E-state index is 12.5. The van der Waals surface area contributed by atoms with Gasteiger partial charge in [-0.2, -0.15) is 13.2 Å². The first-order valence-corrected chi connectivity index (χ1v) is 6.95. The molecule has 100 valence electrons. The molecule has 0 aliphatic heterocycles. The second-order valence-electron chi connectivity index (χ2n) is 4.04. The van der Waals surface area contributed by atoms with Gasteiger partial charge >= 0.3 is 6.18 Å². The molecule has 3 nitrogen and oxygen atoms in total. The third-order valence-electron chi connectivity index (χ3n) is 2.45. The second kappa shape index (κ2) is 4.40. The molecule has 0 heterocycles. The molecular formula is C10H9ClF3NO2S. The first kappa shape index (κ1) is 13.6. The van der Waals surface area contributed by atoms with Gasteiger partial charge in [-0.3, -0.25) is 0 Å². The highest BCUT2D eigenvalue weighted by molar-refractivity contribution is 7.89. The highest BCUT2D eigenvalue weighted by Gasteiger charge is 2.34. The third-order valence-corrected chi connectivity index (χ3v) is 4.45. The van der Waals surface area contributed by atoms with Crippen LogP contribution in [-0.4, -0.2) is 14.5 Å². The zero-order valence-corrected chi connectivity index (χ0v) is 10.5. The van der Waals surface area contributed by atoms with E-state index in [1.54, 1.807) is 0 Å². The molecule has 2 rings (SSSR count). The molecule has 1 aliphatic carbocycles. The predicted octanol–water partition coefficient (Wildman–Crippen LogP) is 2.80. The number of rotatable bonds is 3. The van der Waals surface area contributed by atoms with Crippen LogP contribution in [-0.2, 0) is 16.2 Å². The molecule has 0 aromatic heterocycles. The van der Waals surface area contributed by atoms with Crippen LogP contribution in [0, 0.1) is 0 Å². The fourth-order valence-electron chi connectivity index (χ4n) is 1.37. The van der Waals surface area contributed by atoms with Crippen LogP contribution >= 0.6 is 11.6 Å². The minimum atomic E-state index is -4.60. The van der Waals surface area contributed by atoms with Gasteiger partial charge in [0, 0.05) is 6.04 Å². The lowest BCUT2D eigenvalue weighted by Gasteiger charge is -2.11. The Morgan fingerprint density at radius 2 is 1.89 bits per heavy atom. The summed E-state index contributed by atoms with van der Waals surface area (Å²) in [5.74, 6) is 0. The maximum Gasteiger partial charge on any atom is 0.416 e. The van der Waals surface area contributed by atoms with Crippen LogP contribution in [0.3, 0.4) is 0 Å². The van der Waals surface area contributed by atoms with E-state index in [2.05, 4.69) is 4.72 Å². The van der Waals surface area contributed by atoms with Gasteiger partial charge in [0.2, 0.25) is 10.0 Å². The van der Waals surface area contributed by atoms with Gasteiger partial charge in [-0.1, -0.05) is 11.6 Å². The highest BCUT2D eigenvalue weighted by atomic mass is 35.5. The minimum absolute atomic E-state index is 0.194. The van der Waals surface area contributed by atoms with E-state index in [1.165, 1.54) is 0 Å².